The first-order valence-corrected chi connectivity index (χ1v) is 6.40. The van der Waals surface area contributed by atoms with Gasteiger partial charge in [-0.25, -0.2) is 0 Å². The van der Waals surface area contributed by atoms with E-state index >= 15 is 0 Å². The fraction of sp³-hybridized carbons (Fsp3) is 0.417. The molecular formula is C12H15Cl2N3O. The van der Waals surface area contributed by atoms with Gasteiger partial charge < -0.3 is 15.4 Å². The Balaban J connectivity index is 2.24. The van der Waals surface area contributed by atoms with Crippen LogP contribution in [-0.4, -0.2) is 37.7 Å². The maximum Gasteiger partial charge on any atom is 0.192 e. The van der Waals surface area contributed by atoms with Crippen molar-refractivity contribution in [1.82, 2.24) is 4.90 Å². The minimum atomic E-state index is 0.0337. The third kappa shape index (κ3) is 2.55. The van der Waals surface area contributed by atoms with Gasteiger partial charge in [-0.1, -0.05) is 35.3 Å². The highest BCUT2D eigenvalue weighted by Gasteiger charge is 2.29. The topological polar surface area (TPSA) is 50.9 Å². The summed E-state index contributed by atoms with van der Waals surface area (Å²) in [5.74, 6) is 0.521. The number of hydrogen-bond acceptors (Lipinski definition) is 4. The van der Waals surface area contributed by atoms with Crippen LogP contribution in [0.5, 0.6) is 0 Å². The summed E-state index contributed by atoms with van der Waals surface area (Å²) in [6, 6.07) is 5.64. The highest BCUT2D eigenvalue weighted by atomic mass is 35.5. The first-order valence-electron chi connectivity index (χ1n) is 5.64. The normalized spacial score (nSPS) is 19.2. The molecule has 18 heavy (non-hydrogen) atoms. The fourth-order valence-electron chi connectivity index (χ4n) is 2.03. The van der Waals surface area contributed by atoms with E-state index in [9.17, 15) is 0 Å². The van der Waals surface area contributed by atoms with Crippen molar-refractivity contribution in [2.75, 3.05) is 26.8 Å². The average molecular weight is 288 g/mol. The predicted molar refractivity (Wildman–Crippen MR) is 74.3 cm³/mol. The second-order valence-corrected chi connectivity index (χ2v) is 4.83. The van der Waals surface area contributed by atoms with E-state index in [2.05, 4.69) is 4.99 Å². The number of methoxy groups -OCH3 is 1. The monoisotopic (exact) mass is 287 g/mol. The van der Waals surface area contributed by atoms with Gasteiger partial charge in [0, 0.05) is 13.7 Å². The molecule has 0 saturated heterocycles. The zero-order valence-electron chi connectivity index (χ0n) is 10.1. The lowest BCUT2D eigenvalue weighted by Gasteiger charge is -2.27. The van der Waals surface area contributed by atoms with E-state index in [1.54, 1.807) is 13.2 Å². The van der Waals surface area contributed by atoms with E-state index in [0.29, 0.717) is 35.7 Å². The van der Waals surface area contributed by atoms with Crippen molar-refractivity contribution in [3.8, 4) is 0 Å². The Kier molecular flexibility index (Phi) is 4.32. The zero-order valence-corrected chi connectivity index (χ0v) is 11.6. The van der Waals surface area contributed by atoms with Gasteiger partial charge in [0.2, 0.25) is 0 Å². The molecule has 1 aromatic carbocycles. The summed E-state index contributed by atoms with van der Waals surface area (Å²) in [5.41, 5.74) is 6.83. The number of halogens is 2. The van der Waals surface area contributed by atoms with E-state index in [1.165, 1.54) is 0 Å². The molecule has 1 aliphatic heterocycles. The van der Waals surface area contributed by atoms with E-state index in [-0.39, 0.29) is 6.04 Å². The summed E-state index contributed by atoms with van der Waals surface area (Å²) in [4.78, 5) is 6.25. The van der Waals surface area contributed by atoms with Crippen molar-refractivity contribution in [2.24, 2.45) is 10.7 Å². The minimum Gasteiger partial charge on any atom is -0.383 e. The second-order valence-electron chi connectivity index (χ2n) is 4.04. The van der Waals surface area contributed by atoms with Gasteiger partial charge in [0.25, 0.3) is 0 Å². The summed E-state index contributed by atoms with van der Waals surface area (Å²) < 4.78 is 5.08. The van der Waals surface area contributed by atoms with Gasteiger partial charge in [-0.3, -0.25) is 4.99 Å². The molecule has 1 unspecified atom stereocenters. The van der Waals surface area contributed by atoms with Gasteiger partial charge in [0.1, 0.15) is 0 Å². The molecule has 0 bridgehead atoms. The molecule has 98 valence electrons. The van der Waals surface area contributed by atoms with Gasteiger partial charge in [-0.2, -0.15) is 0 Å². The van der Waals surface area contributed by atoms with Crippen LogP contribution < -0.4 is 5.73 Å². The van der Waals surface area contributed by atoms with Crippen LogP contribution in [0.4, 0.5) is 0 Å². The molecule has 1 aliphatic rings. The third-order valence-electron chi connectivity index (χ3n) is 2.97. The Morgan fingerprint density at radius 2 is 2.28 bits per heavy atom. The van der Waals surface area contributed by atoms with Crippen LogP contribution in [0.2, 0.25) is 10.0 Å². The number of hydrogen-bond donors (Lipinski definition) is 1. The third-order valence-corrected chi connectivity index (χ3v) is 3.81. The minimum absolute atomic E-state index is 0.0337. The Morgan fingerprint density at radius 3 is 3.00 bits per heavy atom. The molecular weight excluding hydrogens is 273 g/mol. The van der Waals surface area contributed by atoms with Gasteiger partial charge >= 0.3 is 0 Å². The second kappa shape index (κ2) is 5.78. The Morgan fingerprint density at radius 1 is 1.50 bits per heavy atom. The highest BCUT2D eigenvalue weighted by molar-refractivity contribution is 6.42. The van der Waals surface area contributed by atoms with E-state index < -0.39 is 0 Å². The van der Waals surface area contributed by atoms with Crippen LogP contribution >= 0.6 is 23.2 Å². The summed E-state index contributed by atoms with van der Waals surface area (Å²) in [7, 11) is 1.66. The van der Waals surface area contributed by atoms with Crippen molar-refractivity contribution >= 4 is 29.2 Å². The molecule has 0 saturated carbocycles. The molecule has 2 rings (SSSR count). The molecule has 1 aromatic rings. The van der Waals surface area contributed by atoms with Crippen molar-refractivity contribution in [3.63, 3.8) is 0 Å². The number of guanidine groups is 1. The first-order chi connectivity index (χ1) is 8.65. The van der Waals surface area contributed by atoms with Crippen LogP contribution in [-0.2, 0) is 4.74 Å². The molecule has 4 nitrogen and oxygen atoms in total. The van der Waals surface area contributed by atoms with Crippen molar-refractivity contribution < 1.29 is 4.74 Å². The lowest BCUT2D eigenvalue weighted by atomic mass is 10.1. The van der Waals surface area contributed by atoms with Crippen LogP contribution in [0.15, 0.2) is 23.2 Å². The van der Waals surface area contributed by atoms with Crippen LogP contribution in [0.1, 0.15) is 11.6 Å². The van der Waals surface area contributed by atoms with Crippen molar-refractivity contribution in [3.05, 3.63) is 33.8 Å². The molecule has 1 atom stereocenters. The molecule has 0 amide bonds. The largest absolute Gasteiger partial charge is 0.383 e. The van der Waals surface area contributed by atoms with Gasteiger partial charge in [0.05, 0.1) is 29.2 Å². The van der Waals surface area contributed by atoms with E-state index in [4.69, 9.17) is 33.7 Å². The lowest BCUT2D eigenvalue weighted by molar-refractivity contribution is 0.166. The van der Waals surface area contributed by atoms with Crippen molar-refractivity contribution in [1.29, 1.82) is 0 Å². The smallest absolute Gasteiger partial charge is 0.192 e. The number of nitrogens with two attached hydrogens (primary N) is 1. The van der Waals surface area contributed by atoms with Gasteiger partial charge in [-0.05, 0) is 11.6 Å². The standard InChI is InChI=1S/C12H15Cl2N3O/c1-18-6-5-17-10(7-16-12(17)15)8-3-2-4-9(13)11(8)14/h2-4,10H,5-7H2,1H3,(H2,15,16). The summed E-state index contributed by atoms with van der Waals surface area (Å²) in [6.07, 6.45) is 0. The highest BCUT2D eigenvalue weighted by Crippen LogP contribution is 2.34. The SMILES string of the molecule is COCCN1C(N)=NCC1c1cccc(Cl)c1Cl. The number of benzene rings is 1. The molecule has 2 N–H and O–H groups in total. The molecule has 0 fully saturated rings. The Hall–Kier alpha value is -0.970. The maximum atomic E-state index is 6.24. The number of aliphatic imine (C=N–C) groups is 1. The summed E-state index contributed by atoms with van der Waals surface area (Å²) >= 11 is 12.3. The first kappa shape index (κ1) is 13.5. The number of rotatable bonds is 4. The van der Waals surface area contributed by atoms with Crippen LogP contribution in [0.25, 0.3) is 0 Å². The van der Waals surface area contributed by atoms with Gasteiger partial charge in [0.15, 0.2) is 5.96 Å². The molecule has 0 aliphatic carbocycles. The maximum absolute atomic E-state index is 6.24. The number of nitrogens with zero attached hydrogens (tertiary/aromatic N) is 2. The molecule has 0 radical (unpaired) electrons. The lowest BCUT2D eigenvalue weighted by Crippen LogP contribution is -2.38. The summed E-state index contributed by atoms with van der Waals surface area (Å²) in [5, 5.41) is 1.11. The van der Waals surface area contributed by atoms with Gasteiger partial charge in [-0.15, -0.1) is 0 Å². The Bertz CT molecular complexity index is 465. The molecule has 0 aromatic heterocycles. The van der Waals surface area contributed by atoms with E-state index in [0.717, 1.165) is 5.56 Å². The van der Waals surface area contributed by atoms with Crippen molar-refractivity contribution in [2.45, 2.75) is 6.04 Å². The fourth-order valence-corrected chi connectivity index (χ4v) is 2.47. The molecule has 0 spiro atoms. The molecule has 1 heterocycles. The number of ether oxygens (including phenoxy) is 1. The predicted octanol–water partition coefficient (Wildman–Crippen LogP) is 2.31. The quantitative estimate of drug-likeness (QED) is 0.925. The summed E-state index contributed by atoms with van der Waals surface area (Å²) in [6.45, 7) is 1.86. The average Bonchev–Trinajstić information content (AvgIpc) is 2.72. The van der Waals surface area contributed by atoms with Crippen LogP contribution in [0, 0.1) is 0 Å². The van der Waals surface area contributed by atoms with Crippen LogP contribution in [0.3, 0.4) is 0 Å². The zero-order chi connectivity index (χ0) is 13.1. The molecule has 6 heteroatoms. The van der Waals surface area contributed by atoms with E-state index in [1.807, 2.05) is 17.0 Å². The Labute approximate surface area is 116 Å².